The SMILES string of the molecule is C=CC(=O)N1CCN(c2nc(=O)n3c4nc(c(F)cc24)c2c(F)cccc2oc2ccc(CNC(=O)CC4CC(Nc5cccc6c5C(=O)N(C5CCC(=O)NC5=O)C6=O)C4)c(C)c23)[C@@H](C)C1. The van der Waals surface area contributed by atoms with Crippen LogP contribution in [-0.2, 0) is 25.7 Å². The number of amides is 6. The fraction of sp³-hybridized carbons (Fsp3) is 0.312. The van der Waals surface area contributed by atoms with E-state index >= 15 is 8.78 Å². The minimum Gasteiger partial charge on any atom is -0.454 e. The van der Waals surface area contributed by atoms with E-state index < -0.39 is 47.0 Å². The Labute approximate surface area is 379 Å². The average Bonchev–Trinajstić information content (AvgIpc) is 3.57. The van der Waals surface area contributed by atoms with Gasteiger partial charge in [0.05, 0.1) is 27.4 Å². The van der Waals surface area contributed by atoms with Crippen LogP contribution in [0.3, 0.4) is 0 Å². The molecule has 1 unspecified atom stereocenters. The highest BCUT2D eigenvalue weighted by Gasteiger charge is 2.46. The summed E-state index contributed by atoms with van der Waals surface area (Å²) >= 11 is 0. The van der Waals surface area contributed by atoms with Gasteiger partial charge in [0.2, 0.25) is 23.6 Å². The van der Waals surface area contributed by atoms with Crippen molar-refractivity contribution in [3.63, 3.8) is 0 Å². The van der Waals surface area contributed by atoms with E-state index in [4.69, 9.17) is 4.42 Å². The van der Waals surface area contributed by atoms with Gasteiger partial charge >= 0.3 is 5.69 Å². The molecule has 2 atom stereocenters. The van der Waals surface area contributed by atoms with E-state index in [0.29, 0.717) is 42.7 Å². The summed E-state index contributed by atoms with van der Waals surface area (Å²) in [5.74, 6) is -4.31. The zero-order valence-corrected chi connectivity index (χ0v) is 36.4. The third kappa shape index (κ3) is 7.34. The Balaban J connectivity index is 0.903. The van der Waals surface area contributed by atoms with Crippen LogP contribution >= 0.6 is 0 Å². The quantitative estimate of drug-likeness (QED) is 0.132. The number of fused-ring (bicyclic) bond motifs is 6. The van der Waals surface area contributed by atoms with Crippen molar-refractivity contribution in [2.45, 2.75) is 70.6 Å². The lowest BCUT2D eigenvalue weighted by atomic mass is 9.77. The summed E-state index contributed by atoms with van der Waals surface area (Å²) in [5.41, 5.74) is 1.13. The van der Waals surface area contributed by atoms with Crippen LogP contribution in [-0.4, -0.2) is 97.4 Å². The van der Waals surface area contributed by atoms with E-state index in [2.05, 4.69) is 32.5 Å². The van der Waals surface area contributed by atoms with Crippen LogP contribution in [0.5, 0.6) is 0 Å². The number of pyridine rings is 1. The Morgan fingerprint density at radius 3 is 2.52 bits per heavy atom. The van der Waals surface area contributed by atoms with Crippen molar-refractivity contribution in [2.24, 2.45) is 5.92 Å². The van der Waals surface area contributed by atoms with E-state index in [1.54, 1.807) is 36.1 Å². The predicted octanol–water partition coefficient (Wildman–Crippen LogP) is 4.81. The van der Waals surface area contributed by atoms with Gasteiger partial charge in [-0.05, 0) is 92.6 Å². The molecule has 6 heterocycles. The third-order valence-electron chi connectivity index (χ3n) is 13.4. The Morgan fingerprint density at radius 1 is 0.970 bits per heavy atom. The van der Waals surface area contributed by atoms with Gasteiger partial charge in [-0.2, -0.15) is 4.98 Å². The third-order valence-corrected chi connectivity index (χ3v) is 13.4. The maximum Gasteiger partial charge on any atom is 0.355 e. The molecule has 4 aliphatic rings. The van der Waals surface area contributed by atoms with E-state index in [1.165, 1.54) is 40.8 Å². The average molecular weight is 912 g/mol. The number of hydrogen-bond acceptors (Lipinski definition) is 12. The molecule has 0 radical (unpaired) electrons. The number of anilines is 2. The zero-order valence-electron chi connectivity index (χ0n) is 36.4. The number of halogens is 2. The molecule has 6 aromatic rings. The van der Waals surface area contributed by atoms with Gasteiger partial charge in [0.25, 0.3) is 11.8 Å². The number of benzene rings is 3. The van der Waals surface area contributed by atoms with Crippen LogP contribution in [0.2, 0.25) is 0 Å². The Hall–Kier alpha value is -7.83. The van der Waals surface area contributed by atoms with Gasteiger partial charge in [-0.3, -0.25) is 39.0 Å². The first-order chi connectivity index (χ1) is 32.2. The molecule has 1 saturated carbocycles. The summed E-state index contributed by atoms with van der Waals surface area (Å²) < 4.78 is 39.5. The molecule has 6 amide bonds. The molecule has 67 heavy (non-hydrogen) atoms. The minimum atomic E-state index is -1.08. The van der Waals surface area contributed by atoms with Gasteiger partial charge in [-0.1, -0.05) is 24.8 Å². The molecule has 342 valence electrons. The lowest BCUT2D eigenvalue weighted by Crippen LogP contribution is -2.54. The van der Waals surface area contributed by atoms with Crippen molar-refractivity contribution in [1.29, 1.82) is 0 Å². The maximum absolute atomic E-state index is 16.3. The summed E-state index contributed by atoms with van der Waals surface area (Å²) in [7, 11) is 0. The number of rotatable bonds is 9. The van der Waals surface area contributed by atoms with Crippen molar-refractivity contribution in [2.75, 3.05) is 29.9 Å². The highest BCUT2D eigenvalue weighted by Crippen LogP contribution is 2.38. The van der Waals surface area contributed by atoms with E-state index in [-0.39, 0.29) is 118 Å². The molecular weight excluding hydrogens is 869 g/mol. The summed E-state index contributed by atoms with van der Waals surface area (Å²) in [4.78, 5) is 105. The smallest absolute Gasteiger partial charge is 0.355 e. The first kappa shape index (κ1) is 43.1. The second kappa shape index (κ2) is 16.6. The topological polar surface area (TPSA) is 209 Å². The monoisotopic (exact) mass is 911 g/mol. The van der Waals surface area contributed by atoms with Gasteiger partial charge in [0.15, 0.2) is 17.0 Å². The van der Waals surface area contributed by atoms with Gasteiger partial charge in [0.1, 0.15) is 28.8 Å². The number of nitrogens with zero attached hydrogens (tertiary/aromatic N) is 6. The molecule has 3 fully saturated rings. The number of piperidine rings is 1. The van der Waals surface area contributed by atoms with Crippen LogP contribution in [0, 0.1) is 24.5 Å². The van der Waals surface area contributed by atoms with Crippen LogP contribution in [0.4, 0.5) is 20.3 Å². The second-order valence-corrected chi connectivity index (χ2v) is 17.5. The van der Waals surface area contributed by atoms with E-state index in [1.807, 2.05) is 11.8 Å². The molecule has 2 bridgehead atoms. The number of piperazine rings is 1. The molecule has 3 aromatic carbocycles. The van der Waals surface area contributed by atoms with Crippen molar-refractivity contribution in [3.05, 3.63) is 112 Å². The summed E-state index contributed by atoms with van der Waals surface area (Å²) in [6.45, 7) is 8.11. The maximum atomic E-state index is 16.3. The van der Waals surface area contributed by atoms with Crippen LogP contribution in [0.15, 0.2) is 76.5 Å². The van der Waals surface area contributed by atoms with Crippen molar-refractivity contribution >= 4 is 85.6 Å². The first-order valence-electron chi connectivity index (χ1n) is 22.0. The molecule has 1 aliphatic carbocycles. The number of carbonyl (C=O) groups is 6. The second-order valence-electron chi connectivity index (χ2n) is 17.5. The number of aryl methyl sites for hydroxylation is 1. The van der Waals surface area contributed by atoms with Crippen LogP contribution < -0.4 is 26.5 Å². The largest absolute Gasteiger partial charge is 0.454 e. The van der Waals surface area contributed by atoms with Crippen LogP contribution in [0.25, 0.3) is 38.6 Å². The fourth-order valence-corrected chi connectivity index (χ4v) is 9.91. The van der Waals surface area contributed by atoms with Gasteiger partial charge in [-0.25, -0.2) is 23.0 Å². The molecule has 0 spiro atoms. The Morgan fingerprint density at radius 2 is 1.76 bits per heavy atom. The number of aromatic nitrogens is 3. The van der Waals surface area contributed by atoms with Gasteiger partial charge in [-0.15, -0.1) is 0 Å². The number of nitrogens with one attached hydrogen (secondary N) is 3. The lowest BCUT2D eigenvalue weighted by molar-refractivity contribution is -0.136. The highest BCUT2D eigenvalue weighted by molar-refractivity contribution is 6.25. The highest BCUT2D eigenvalue weighted by atomic mass is 19.1. The van der Waals surface area contributed by atoms with E-state index in [9.17, 15) is 33.6 Å². The molecule has 19 heteroatoms. The van der Waals surface area contributed by atoms with Gasteiger partial charge in [0, 0.05) is 56.8 Å². The number of hydrogen-bond donors (Lipinski definition) is 3. The molecule has 2 saturated heterocycles. The molecular formula is C48H43F2N9O8. The molecule has 3 aromatic heterocycles. The Bertz CT molecular complexity index is 3290. The lowest BCUT2D eigenvalue weighted by Gasteiger charge is -2.40. The standard InChI is InChI=1S/C48H43F2N9O8/c1-4-38(62)56-15-16-57(23(2)22-56)43-29-20-31(50)41-40-30(49)8-6-10-34(40)67-35-13-11-26(24(3)42(35)59(44(29)54-41)48(66)55-43)21-51-37(61)19-25-17-27(18-25)52-32-9-5-7-28-39(32)47(65)58(46(28)64)33-12-14-36(60)53-45(33)63/h4-11,13,20,23,25,27,33,52H,1,12,14-19,21-22H2,2-3H3,(H,51,61)(H,53,60,63)/t23-,25?,27?,33?/m0/s1. The van der Waals surface area contributed by atoms with Crippen molar-refractivity contribution in [1.82, 2.24) is 34.8 Å². The number of imide groups is 2. The summed E-state index contributed by atoms with van der Waals surface area (Å²) in [6.07, 6.45) is 2.70. The molecule has 10 rings (SSSR count). The fourth-order valence-electron chi connectivity index (χ4n) is 9.91. The minimum absolute atomic E-state index is 0.00411. The van der Waals surface area contributed by atoms with Gasteiger partial charge < -0.3 is 24.9 Å². The predicted molar refractivity (Wildman–Crippen MR) is 241 cm³/mol. The normalized spacial score (nSPS) is 20.6. The zero-order chi connectivity index (χ0) is 47.0. The van der Waals surface area contributed by atoms with Crippen molar-refractivity contribution in [3.8, 4) is 0 Å². The van der Waals surface area contributed by atoms with Crippen LogP contribution in [0.1, 0.15) is 70.9 Å². The van der Waals surface area contributed by atoms with E-state index in [0.717, 1.165) is 4.90 Å². The molecule has 3 N–H and O–H groups in total. The molecule has 3 aliphatic heterocycles. The summed E-state index contributed by atoms with van der Waals surface area (Å²) in [5, 5.41) is 8.48. The Kier molecular flexibility index (Phi) is 10.6. The number of carbonyl (C=O) groups excluding carboxylic acids is 6. The molecule has 17 nitrogen and oxygen atoms in total. The summed E-state index contributed by atoms with van der Waals surface area (Å²) in [6, 6.07) is 11.9. The van der Waals surface area contributed by atoms with Crippen molar-refractivity contribution < 1.29 is 42.0 Å². The first-order valence-corrected chi connectivity index (χ1v) is 22.0.